The number of sulfone groups is 1. The van der Waals surface area contributed by atoms with Crippen LogP contribution in [0.5, 0.6) is 0 Å². The van der Waals surface area contributed by atoms with Gasteiger partial charge in [0.05, 0.1) is 17.1 Å². The second kappa shape index (κ2) is 4.97. The molecule has 1 aliphatic heterocycles. The van der Waals surface area contributed by atoms with Gasteiger partial charge in [0.1, 0.15) is 5.76 Å². The number of aryl methyl sites for hydroxylation is 1. The summed E-state index contributed by atoms with van der Waals surface area (Å²) in [6.07, 6.45) is 0.155. The third kappa shape index (κ3) is 2.82. The van der Waals surface area contributed by atoms with Gasteiger partial charge in [0, 0.05) is 12.2 Å². The fraction of sp³-hybridized carbons (Fsp3) is 0.583. The first-order chi connectivity index (χ1) is 8.81. The molecule has 2 rings (SSSR count). The van der Waals surface area contributed by atoms with E-state index in [2.05, 4.69) is 0 Å². The van der Waals surface area contributed by atoms with Crippen molar-refractivity contribution in [2.24, 2.45) is 0 Å². The number of ether oxygens (including phenoxy) is 1. The topological polar surface area (TPSA) is 93.8 Å². The highest BCUT2D eigenvalue weighted by Gasteiger charge is 2.36. The molecule has 2 unspecified atom stereocenters. The largest absolute Gasteiger partial charge is 0.475 e. The summed E-state index contributed by atoms with van der Waals surface area (Å²) >= 11 is 0. The first-order valence-electron chi connectivity index (χ1n) is 5.97. The minimum absolute atomic E-state index is 0.214. The van der Waals surface area contributed by atoms with E-state index in [1.807, 2.05) is 0 Å². The molecule has 0 aromatic carbocycles. The molecule has 1 saturated heterocycles. The quantitative estimate of drug-likeness (QED) is 0.899. The fourth-order valence-corrected chi connectivity index (χ4v) is 4.33. The Morgan fingerprint density at radius 3 is 2.68 bits per heavy atom. The minimum Gasteiger partial charge on any atom is -0.475 e. The molecule has 106 valence electrons. The van der Waals surface area contributed by atoms with Crippen molar-refractivity contribution in [3.8, 4) is 0 Å². The highest BCUT2D eigenvalue weighted by molar-refractivity contribution is 7.91. The molecule has 0 aliphatic carbocycles. The first-order valence-corrected chi connectivity index (χ1v) is 7.68. The van der Waals surface area contributed by atoms with Crippen LogP contribution in [-0.2, 0) is 20.3 Å². The van der Waals surface area contributed by atoms with E-state index in [-0.39, 0.29) is 17.6 Å². The first kappa shape index (κ1) is 14.1. The van der Waals surface area contributed by atoms with Crippen molar-refractivity contribution in [2.75, 3.05) is 6.61 Å². The van der Waals surface area contributed by atoms with E-state index < -0.39 is 21.1 Å². The molecule has 0 radical (unpaired) electrons. The Labute approximate surface area is 111 Å². The number of furan rings is 1. The maximum absolute atomic E-state index is 12.3. The van der Waals surface area contributed by atoms with Crippen molar-refractivity contribution < 1.29 is 27.5 Å². The summed E-state index contributed by atoms with van der Waals surface area (Å²) in [5.74, 6) is -1.33. The van der Waals surface area contributed by atoms with Crippen molar-refractivity contribution >= 4 is 15.8 Å². The summed E-state index contributed by atoms with van der Waals surface area (Å²) in [6.45, 7) is 3.74. The van der Waals surface area contributed by atoms with E-state index in [1.54, 1.807) is 13.8 Å². The zero-order valence-corrected chi connectivity index (χ0v) is 11.6. The Hall–Kier alpha value is -1.34. The van der Waals surface area contributed by atoms with E-state index in [0.717, 1.165) is 0 Å². The molecule has 2 heterocycles. The van der Waals surface area contributed by atoms with Crippen molar-refractivity contribution in [2.45, 2.75) is 37.4 Å². The Balaban J connectivity index is 2.23. The van der Waals surface area contributed by atoms with Crippen LogP contribution in [0.3, 0.4) is 0 Å². The zero-order valence-electron chi connectivity index (χ0n) is 10.8. The van der Waals surface area contributed by atoms with Gasteiger partial charge in [0.25, 0.3) is 0 Å². The predicted octanol–water partition coefficient (Wildman–Crippen LogP) is 1.38. The number of carboxylic acid groups (broad SMARTS) is 1. The summed E-state index contributed by atoms with van der Waals surface area (Å²) in [5.41, 5.74) is 0.400. The second-order valence-electron chi connectivity index (χ2n) is 4.71. The van der Waals surface area contributed by atoms with Crippen molar-refractivity contribution in [3.63, 3.8) is 0 Å². The fourth-order valence-electron chi connectivity index (χ4n) is 2.28. The Morgan fingerprint density at radius 1 is 1.53 bits per heavy atom. The highest BCUT2D eigenvalue weighted by Crippen LogP contribution is 2.26. The molecule has 0 spiro atoms. The standard InChI is InChI=1S/C12H16O6S/c1-7-9(5-10(18-7)12(13)14)6-19(15,16)11-3-4-17-8(11)2/h5,8,11H,3-4,6H2,1-2H3,(H,13,14). The number of carboxylic acids is 1. The maximum Gasteiger partial charge on any atom is 0.371 e. The van der Waals surface area contributed by atoms with E-state index in [9.17, 15) is 13.2 Å². The molecule has 1 fully saturated rings. The lowest BCUT2D eigenvalue weighted by Crippen LogP contribution is -2.29. The third-order valence-corrected chi connectivity index (χ3v) is 5.61. The Kier molecular flexibility index (Phi) is 3.69. The van der Waals surface area contributed by atoms with Crippen LogP contribution < -0.4 is 0 Å². The molecule has 7 heteroatoms. The van der Waals surface area contributed by atoms with Crippen LogP contribution in [0.25, 0.3) is 0 Å². The molecular formula is C12H16O6S. The lowest BCUT2D eigenvalue weighted by Gasteiger charge is -2.14. The average Bonchev–Trinajstić information content (AvgIpc) is 2.86. The molecule has 1 aromatic rings. The van der Waals surface area contributed by atoms with Gasteiger partial charge in [0.2, 0.25) is 5.76 Å². The molecule has 1 N–H and O–H groups in total. The number of hydrogen-bond donors (Lipinski definition) is 1. The molecular weight excluding hydrogens is 272 g/mol. The van der Waals surface area contributed by atoms with Gasteiger partial charge in [-0.2, -0.15) is 0 Å². The van der Waals surface area contributed by atoms with Crippen molar-refractivity contribution in [3.05, 3.63) is 23.2 Å². The van der Waals surface area contributed by atoms with Crippen LogP contribution in [0.4, 0.5) is 0 Å². The van der Waals surface area contributed by atoms with Crippen LogP contribution in [-0.4, -0.2) is 37.5 Å². The average molecular weight is 288 g/mol. The van der Waals surface area contributed by atoms with Gasteiger partial charge in [-0.25, -0.2) is 13.2 Å². The van der Waals surface area contributed by atoms with Gasteiger partial charge in [-0.1, -0.05) is 0 Å². The summed E-state index contributed by atoms with van der Waals surface area (Å²) in [7, 11) is -3.38. The predicted molar refractivity (Wildman–Crippen MR) is 66.8 cm³/mol. The zero-order chi connectivity index (χ0) is 14.2. The molecule has 19 heavy (non-hydrogen) atoms. The lowest BCUT2D eigenvalue weighted by atomic mass is 10.2. The van der Waals surface area contributed by atoms with Crippen LogP contribution in [0.2, 0.25) is 0 Å². The van der Waals surface area contributed by atoms with Crippen molar-refractivity contribution in [1.29, 1.82) is 0 Å². The lowest BCUT2D eigenvalue weighted by molar-refractivity contribution is 0.0661. The SMILES string of the molecule is Cc1oc(C(=O)O)cc1CS(=O)(=O)C1CCOC1C. The number of aromatic carboxylic acids is 1. The number of rotatable bonds is 4. The smallest absolute Gasteiger partial charge is 0.371 e. The van der Waals surface area contributed by atoms with Gasteiger partial charge >= 0.3 is 5.97 Å². The minimum atomic E-state index is -3.38. The van der Waals surface area contributed by atoms with E-state index in [1.165, 1.54) is 6.07 Å². The number of carbonyl (C=O) groups is 1. The molecule has 6 nitrogen and oxygen atoms in total. The van der Waals surface area contributed by atoms with Gasteiger partial charge in [0.15, 0.2) is 9.84 Å². The summed E-state index contributed by atoms with van der Waals surface area (Å²) in [5, 5.41) is 8.28. The van der Waals surface area contributed by atoms with Gasteiger partial charge in [-0.05, 0) is 26.3 Å². The van der Waals surface area contributed by atoms with Gasteiger partial charge < -0.3 is 14.3 Å². The normalized spacial score (nSPS) is 23.7. The molecule has 2 atom stereocenters. The molecule has 1 aromatic heterocycles. The van der Waals surface area contributed by atoms with Crippen LogP contribution >= 0.6 is 0 Å². The monoisotopic (exact) mass is 288 g/mol. The van der Waals surface area contributed by atoms with Crippen LogP contribution in [0.15, 0.2) is 10.5 Å². The summed E-state index contributed by atoms with van der Waals surface area (Å²) < 4.78 is 34.8. The summed E-state index contributed by atoms with van der Waals surface area (Å²) in [6, 6.07) is 1.27. The Bertz CT molecular complexity index is 585. The van der Waals surface area contributed by atoms with Crippen LogP contribution in [0, 0.1) is 6.92 Å². The van der Waals surface area contributed by atoms with Gasteiger partial charge in [-0.15, -0.1) is 0 Å². The van der Waals surface area contributed by atoms with Gasteiger partial charge in [-0.3, -0.25) is 0 Å². The van der Waals surface area contributed by atoms with E-state index in [0.29, 0.717) is 24.4 Å². The highest BCUT2D eigenvalue weighted by atomic mass is 32.2. The van der Waals surface area contributed by atoms with Crippen molar-refractivity contribution in [1.82, 2.24) is 0 Å². The maximum atomic E-state index is 12.3. The van der Waals surface area contributed by atoms with Crippen LogP contribution in [0.1, 0.15) is 35.2 Å². The number of hydrogen-bond acceptors (Lipinski definition) is 5. The molecule has 0 bridgehead atoms. The molecule has 0 saturated carbocycles. The molecule has 1 aliphatic rings. The summed E-state index contributed by atoms with van der Waals surface area (Å²) in [4.78, 5) is 10.8. The second-order valence-corrected chi connectivity index (χ2v) is 6.93. The molecule has 0 amide bonds. The van der Waals surface area contributed by atoms with E-state index in [4.69, 9.17) is 14.3 Å². The third-order valence-electron chi connectivity index (χ3n) is 3.36. The van der Waals surface area contributed by atoms with E-state index >= 15 is 0 Å². The Morgan fingerprint density at radius 2 is 2.21 bits per heavy atom.